The van der Waals surface area contributed by atoms with Crippen LogP contribution in [0.2, 0.25) is 5.02 Å². The average molecular weight is 381 g/mol. The van der Waals surface area contributed by atoms with Gasteiger partial charge >= 0.3 is 0 Å². The van der Waals surface area contributed by atoms with Gasteiger partial charge in [-0.25, -0.2) is 0 Å². The van der Waals surface area contributed by atoms with Gasteiger partial charge in [-0.1, -0.05) is 60.1 Å². The molecule has 0 heterocycles. The minimum Gasteiger partial charge on any atom is -0.297 e. The summed E-state index contributed by atoms with van der Waals surface area (Å²) >= 11 is 5.98. The van der Waals surface area contributed by atoms with Gasteiger partial charge in [0.05, 0.1) is 18.5 Å². The summed E-state index contributed by atoms with van der Waals surface area (Å²) in [5.41, 5.74) is 0.878. The highest BCUT2D eigenvalue weighted by Crippen LogP contribution is 2.42. The number of hydrogen-bond donors (Lipinski definition) is 1. The summed E-state index contributed by atoms with van der Waals surface area (Å²) in [4.78, 5) is 0. The fourth-order valence-electron chi connectivity index (χ4n) is 2.82. The first-order valence-corrected chi connectivity index (χ1v) is 10.3. The summed E-state index contributed by atoms with van der Waals surface area (Å²) in [5.74, 6) is 0. The van der Waals surface area contributed by atoms with Crippen LogP contribution in [-0.4, -0.2) is 0 Å². The highest BCUT2D eigenvalue weighted by molar-refractivity contribution is 7.76. The lowest BCUT2D eigenvalue weighted by atomic mass is 10.1. The molecule has 0 radical (unpaired) electrons. The predicted molar refractivity (Wildman–Crippen MR) is 107 cm³/mol. The second-order valence-electron chi connectivity index (χ2n) is 5.88. The van der Waals surface area contributed by atoms with Crippen LogP contribution >= 0.6 is 18.9 Å². The third-order valence-corrected chi connectivity index (χ3v) is 7.12. The highest BCUT2D eigenvalue weighted by Gasteiger charge is 2.30. The van der Waals surface area contributed by atoms with Gasteiger partial charge in [0.2, 0.25) is 7.29 Å². The third kappa shape index (κ3) is 4.06. The quantitative estimate of drug-likeness (QED) is 0.624. The van der Waals surface area contributed by atoms with Crippen molar-refractivity contribution in [2.24, 2.45) is 0 Å². The Balaban J connectivity index is 2.06. The SMILES string of the molecule is N#CCC(NP(=O)(c1ccccc1)c1ccccc1)c1ccc(Cl)cc1. The van der Waals surface area contributed by atoms with Crippen molar-refractivity contribution in [1.82, 2.24) is 5.09 Å². The summed E-state index contributed by atoms with van der Waals surface area (Å²) in [6.07, 6.45) is 0.200. The van der Waals surface area contributed by atoms with Gasteiger partial charge in [0.1, 0.15) is 0 Å². The smallest absolute Gasteiger partial charge is 0.205 e. The lowest BCUT2D eigenvalue weighted by Gasteiger charge is -2.26. The molecule has 0 spiro atoms. The fourth-order valence-corrected chi connectivity index (χ4v) is 5.40. The van der Waals surface area contributed by atoms with Crippen molar-refractivity contribution in [1.29, 1.82) is 5.26 Å². The number of nitriles is 1. The molecule has 3 rings (SSSR count). The predicted octanol–water partition coefficient (Wildman–Crippen LogP) is 4.81. The highest BCUT2D eigenvalue weighted by atomic mass is 35.5. The molecule has 1 N–H and O–H groups in total. The number of benzene rings is 3. The Morgan fingerprint density at radius 1 is 0.885 bits per heavy atom. The van der Waals surface area contributed by atoms with E-state index >= 15 is 0 Å². The van der Waals surface area contributed by atoms with Crippen LogP contribution in [0.3, 0.4) is 0 Å². The van der Waals surface area contributed by atoms with E-state index in [4.69, 9.17) is 11.6 Å². The summed E-state index contributed by atoms with van der Waals surface area (Å²) in [7, 11) is -3.12. The second kappa shape index (κ2) is 8.34. The van der Waals surface area contributed by atoms with Gasteiger partial charge < -0.3 is 0 Å². The zero-order chi connectivity index (χ0) is 18.4. The summed E-state index contributed by atoms with van der Waals surface area (Å²) in [6, 6.07) is 27.8. The zero-order valence-corrected chi connectivity index (χ0v) is 15.7. The van der Waals surface area contributed by atoms with Crippen molar-refractivity contribution < 1.29 is 4.57 Å². The van der Waals surface area contributed by atoms with Crippen molar-refractivity contribution in [2.45, 2.75) is 12.5 Å². The van der Waals surface area contributed by atoms with Crippen molar-refractivity contribution in [2.75, 3.05) is 0 Å². The molecule has 0 amide bonds. The maximum absolute atomic E-state index is 14.1. The molecule has 1 atom stereocenters. The first-order chi connectivity index (χ1) is 12.6. The number of nitrogens with one attached hydrogen (secondary N) is 1. The molecule has 3 aromatic rings. The fraction of sp³-hybridized carbons (Fsp3) is 0.0952. The van der Waals surface area contributed by atoms with Crippen LogP contribution in [0, 0.1) is 11.3 Å². The van der Waals surface area contributed by atoms with Crippen LogP contribution in [-0.2, 0) is 4.57 Å². The van der Waals surface area contributed by atoms with Crippen molar-refractivity contribution >= 4 is 29.5 Å². The van der Waals surface area contributed by atoms with E-state index in [0.29, 0.717) is 15.6 Å². The van der Waals surface area contributed by atoms with Gasteiger partial charge in [-0.05, 0) is 42.0 Å². The van der Waals surface area contributed by atoms with Crippen LogP contribution in [0.1, 0.15) is 18.0 Å². The first-order valence-electron chi connectivity index (χ1n) is 8.25. The maximum Gasteiger partial charge on any atom is 0.205 e. The molecule has 3 nitrogen and oxygen atoms in total. The average Bonchev–Trinajstić information content (AvgIpc) is 2.69. The summed E-state index contributed by atoms with van der Waals surface area (Å²) in [5, 5.41) is 14.6. The van der Waals surface area contributed by atoms with Gasteiger partial charge in [-0.2, -0.15) is 5.26 Å². The van der Waals surface area contributed by atoms with Gasteiger partial charge in [0, 0.05) is 15.6 Å². The van der Waals surface area contributed by atoms with Gasteiger partial charge in [0.15, 0.2) is 0 Å². The number of halogens is 1. The third-order valence-electron chi connectivity index (χ3n) is 4.15. The molecule has 0 saturated heterocycles. The Labute approximate surface area is 158 Å². The van der Waals surface area contributed by atoms with E-state index in [9.17, 15) is 9.83 Å². The van der Waals surface area contributed by atoms with Crippen LogP contribution in [0.15, 0.2) is 84.9 Å². The maximum atomic E-state index is 14.1. The van der Waals surface area contributed by atoms with Crippen molar-refractivity contribution in [3.8, 4) is 6.07 Å². The molecule has 0 fully saturated rings. The minimum absolute atomic E-state index is 0.200. The standard InChI is InChI=1S/C21H18ClN2OP/c22-18-13-11-17(12-14-18)21(15-16-23)24-26(25,19-7-3-1-4-8-19)20-9-5-2-6-10-20/h1-14,21H,15H2,(H,24,25). The Hall–Kier alpha value is -2.37. The Kier molecular flexibility index (Phi) is 5.91. The Morgan fingerprint density at radius 3 is 1.85 bits per heavy atom. The molecule has 0 aliphatic heterocycles. The van der Waals surface area contributed by atoms with Crippen LogP contribution in [0.5, 0.6) is 0 Å². The summed E-state index contributed by atoms with van der Waals surface area (Å²) < 4.78 is 14.1. The second-order valence-corrected chi connectivity index (χ2v) is 8.82. The van der Waals surface area contributed by atoms with Crippen LogP contribution in [0.25, 0.3) is 0 Å². The van der Waals surface area contributed by atoms with E-state index in [1.807, 2.05) is 72.8 Å². The lowest BCUT2D eigenvalue weighted by molar-refractivity contribution is 0.562. The minimum atomic E-state index is -3.12. The zero-order valence-electron chi connectivity index (χ0n) is 14.0. The Morgan fingerprint density at radius 2 is 1.38 bits per heavy atom. The van der Waals surface area contributed by atoms with Crippen LogP contribution in [0.4, 0.5) is 0 Å². The molecule has 0 aromatic heterocycles. The lowest BCUT2D eigenvalue weighted by Crippen LogP contribution is -2.30. The van der Waals surface area contributed by atoms with Gasteiger partial charge in [-0.15, -0.1) is 0 Å². The molecular formula is C21H18ClN2OP. The molecule has 1 unspecified atom stereocenters. The molecule has 0 bridgehead atoms. The Bertz CT molecular complexity index is 894. The monoisotopic (exact) mass is 380 g/mol. The van der Waals surface area contributed by atoms with Gasteiger partial charge in [0.25, 0.3) is 0 Å². The largest absolute Gasteiger partial charge is 0.297 e. The first kappa shape index (κ1) is 18.4. The van der Waals surface area contributed by atoms with Crippen molar-refractivity contribution in [3.05, 3.63) is 95.5 Å². The molecule has 0 aliphatic rings. The number of nitrogens with zero attached hydrogens (tertiary/aromatic N) is 1. The molecule has 3 aromatic carbocycles. The number of hydrogen-bond acceptors (Lipinski definition) is 2. The topological polar surface area (TPSA) is 52.9 Å². The molecule has 26 heavy (non-hydrogen) atoms. The molecule has 0 aliphatic carbocycles. The molecule has 130 valence electrons. The van der Waals surface area contributed by atoms with E-state index in [-0.39, 0.29) is 12.5 Å². The number of rotatable bonds is 6. The molecule has 0 saturated carbocycles. The molecule has 5 heteroatoms. The van der Waals surface area contributed by atoms with E-state index in [1.54, 1.807) is 12.1 Å². The van der Waals surface area contributed by atoms with Crippen LogP contribution < -0.4 is 15.7 Å². The van der Waals surface area contributed by atoms with E-state index in [1.165, 1.54) is 0 Å². The molecular weight excluding hydrogens is 363 g/mol. The van der Waals surface area contributed by atoms with E-state index in [0.717, 1.165) is 5.56 Å². The van der Waals surface area contributed by atoms with E-state index in [2.05, 4.69) is 11.2 Å². The normalized spacial score (nSPS) is 12.3. The van der Waals surface area contributed by atoms with Crippen molar-refractivity contribution in [3.63, 3.8) is 0 Å². The van der Waals surface area contributed by atoms with E-state index < -0.39 is 7.29 Å². The van der Waals surface area contributed by atoms with Gasteiger partial charge in [-0.3, -0.25) is 9.65 Å². The summed E-state index contributed by atoms with van der Waals surface area (Å²) in [6.45, 7) is 0.